The Kier molecular flexibility index (Phi) is 4.04. The lowest BCUT2D eigenvalue weighted by Gasteiger charge is -2.08. The van der Waals surface area contributed by atoms with E-state index in [9.17, 15) is 4.79 Å². The van der Waals surface area contributed by atoms with Crippen LogP contribution in [0.1, 0.15) is 12.6 Å². The molecule has 1 heterocycles. The molecule has 0 spiro atoms. The van der Waals surface area contributed by atoms with Crippen molar-refractivity contribution in [3.8, 4) is 0 Å². The SMILES string of the molecule is CCONC(=O)Cn1c(C)c(Br)c2ccccc21. The first-order valence-electron chi connectivity index (χ1n) is 5.79. The fourth-order valence-electron chi connectivity index (χ4n) is 1.92. The normalized spacial score (nSPS) is 10.8. The molecule has 0 fully saturated rings. The first-order valence-corrected chi connectivity index (χ1v) is 6.58. The summed E-state index contributed by atoms with van der Waals surface area (Å²) in [5.41, 5.74) is 4.47. The van der Waals surface area contributed by atoms with Crippen molar-refractivity contribution in [3.05, 3.63) is 34.4 Å². The van der Waals surface area contributed by atoms with Crippen LogP contribution in [0.5, 0.6) is 0 Å². The zero-order chi connectivity index (χ0) is 13.1. The fourth-order valence-corrected chi connectivity index (χ4v) is 2.47. The minimum Gasteiger partial charge on any atom is -0.334 e. The molecule has 0 bridgehead atoms. The van der Waals surface area contributed by atoms with Gasteiger partial charge in [-0.3, -0.25) is 9.63 Å². The first kappa shape index (κ1) is 13.1. The molecule has 96 valence electrons. The van der Waals surface area contributed by atoms with Crippen molar-refractivity contribution in [1.82, 2.24) is 10.0 Å². The van der Waals surface area contributed by atoms with Crippen molar-refractivity contribution >= 4 is 32.7 Å². The Morgan fingerprint density at radius 2 is 2.17 bits per heavy atom. The van der Waals surface area contributed by atoms with Crippen LogP contribution in [0.4, 0.5) is 0 Å². The van der Waals surface area contributed by atoms with Crippen molar-refractivity contribution in [2.24, 2.45) is 0 Å². The number of aromatic nitrogens is 1. The third-order valence-corrected chi connectivity index (χ3v) is 3.79. The number of carbonyl (C=O) groups excluding carboxylic acids is 1. The van der Waals surface area contributed by atoms with Crippen LogP contribution in [0.3, 0.4) is 0 Å². The molecule has 1 aromatic heterocycles. The summed E-state index contributed by atoms with van der Waals surface area (Å²) >= 11 is 3.56. The lowest BCUT2D eigenvalue weighted by molar-refractivity contribution is -0.133. The summed E-state index contributed by atoms with van der Waals surface area (Å²) in [7, 11) is 0. The first-order chi connectivity index (χ1) is 8.65. The minimum absolute atomic E-state index is 0.159. The summed E-state index contributed by atoms with van der Waals surface area (Å²) in [6, 6.07) is 7.98. The smallest absolute Gasteiger partial charge is 0.263 e. The largest absolute Gasteiger partial charge is 0.334 e. The van der Waals surface area contributed by atoms with Crippen LogP contribution in [-0.2, 0) is 16.2 Å². The molecular formula is C13H15BrN2O2. The van der Waals surface area contributed by atoms with Gasteiger partial charge in [-0.25, -0.2) is 5.48 Å². The molecule has 1 amide bonds. The molecule has 0 radical (unpaired) electrons. The number of fused-ring (bicyclic) bond motifs is 1. The Labute approximate surface area is 114 Å². The molecule has 0 saturated carbocycles. The number of hydroxylamine groups is 1. The molecule has 0 aliphatic rings. The molecule has 2 aromatic rings. The summed E-state index contributed by atoms with van der Waals surface area (Å²) in [4.78, 5) is 16.6. The molecule has 0 aliphatic heterocycles. The monoisotopic (exact) mass is 310 g/mol. The Bertz CT molecular complexity index is 578. The molecule has 1 aromatic carbocycles. The molecule has 0 saturated heterocycles. The van der Waals surface area contributed by atoms with Gasteiger partial charge in [-0.05, 0) is 35.8 Å². The van der Waals surface area contributed by atoms with E-state index in [1.807, 2.05) is 42.7 Å². The molecule has 0 atom stereocenters. The van der Waals surface area contributed by atoms with E-state index in [0.717, 1.165) is 21.1 Å². The van der Waals surface area contributed by atoms with Crippen molar-refractivity contribution in [3.63, 3.8) is 0 Å². The van der Waals surface area contributed by atoms with E-state index in [2.05, 4.69) is 21.4 Å². The predicted octanol–water partition coefficient (Wildman–Crippen LogP) is 2.78. The van der Waals surface area contributed by atoms with Gasteiger partial charge < -0.3 is 4.57 Å². The highest BCUT2D eigenvalue weighted by Gasteiger charge is 2.13. The maximum atomic E-state index is 11.7. The number of hydrogen-bond donors (Lipinski definition) is 1. The second kappa shape index (κ2) is 5.54. The number of rotatable bonds is 4. The van der Waals surface area contributed by atoms with Gasteiger partial charge in [-0.1, -0.05) is 18.2 Å². The van der Waals surface area contributed by atoms with E-state index >= 15 is 0 Å². The van der Waals surface area contributed by atoms with Gasteiger partial charge in [-0.15, -0.1) is 0 Å². The summed E-state index contributed by atoms with van der Waals surface area (Å²) in [6.07, 6.45) is 0. The fraction of sp³-hybridized carbons (Fsp3) is 0.308. The maximum Gasteiger partial charge on any atom is 0.263 e. The van der Waals surface area contributed by atoms with E-state index in [1.165, 1.54) is 0 Å². The molecular weight excluding hydrogens is 296 g/mol. The summed E-state index contributed by atoms with van der Waals surface area (Å²) in [6.45, 7) is 4.52. The Morgan fingerprint density at radius 3 is 2.89 bits per heavy atom. The quantitative estimate of drug-likeness (QED) is 0.882. The summed E-state index contributed by atoms with van der Waals surface area (Å²) in [5.74, 6) is -0.159. The van der Waals surface area contributed by atoms with Crippen LogP contribution in [0.2, 0.25) is 0 Å². The number of hydrogen-bond acceptors (Lipinski definition) is 2. The number of nitrogens with one attached hydrogen (secondary N) is 1. The lowest BCUT2D eigenvalue weighted by atomic mass is 10.2. The minimum atomic E-state index is -0.159. The number of nitrogens with zero attached hydrogens (tertiary/aromatic N) is 1. The second-order valence-corrected chi connectivity index (χ2v) is 4.75. The van der Waals surface area contributed by atoms with E-state index in [-0.39, 0.29) is 12.5 Å². The average molecular weight is 311 g/mol. The molecule has 4 nitrogen and oxygen atoms in total. The molecule has 18 heavy (non-hydrogen) atoms. The zero-order valence-electron chi connectivity index (χ0n) is 10.4. The standard InChI is InChI=1S/C13H15BrN2O2/c1-3-18-15-12(17)8-16-9(2)13(14)10-6-4-5-7-11(10)16/h4-7H,3,8H2,1-2H3,(H,15,17). The lowest BCUT2D eigenvalue weighted by Crippen LogP contribution is -2.28. The van der Waals surface area contributed by atoms with Crippen LogP contribution in [0.25, 0.3) is 10.9 Å². The van der Waals surface area contributed by atoms with E-state index in [4.69, 9.17) is 4.84 Å². The highest BCUT2D eigenvalue weighted by molar-refractivity contribution is 9.10. The number of halogens is 1. The van der Waals surface area contributed by atoms with Gasteiger partial charge in [0.05, 0.1) is 6.61 Å². The number of para-hydroxylation sites is 1. The topological polar surface area (TPSA) is 43.3 Å². The van der Waals surface area contributed by atoms with E-state index in [1.54, 1.807) is 0 Å². The third-order valence-electron chi connectivity index (χ3n) is 2.79. The molecule has 0 aliphatic carbocycles. The molecule has 0 unspecified atom stereocenters. The van der Waals surface area contributed by atoms with E-state index < -0.39 is 0 Å². The molecule has 5 heteroatoms. The van der Waals surface area contributed by atoms with Crippen molar-refractivity contribution in [1.29, 1.82) is 0 Å². The van der Waals surface area contributed by atoms with Gasteiger partial charge in [0.25, 0.3) is 5.91 Å². The van der Waals surface area contributed by atoms with Crippen molar-refractivity contribution in [2.75, 3.05) is 6.61 Å². The van der Waals surface area contributed by atoms with Gasteiger partial charge in [-0.2, -0.15) is 0 Å². The third kappa shape index (κ3) is 2.42. The zero-order valence-corrected chi connectivity index (χ0v) is 12.0. The van der Waals surface area contributed by atoms with Gasteiger partial charge >= 0.3 is 0 Å². The van der Waals surface area contributed by atoms with Gasteiger partial charge in [0.15, 0.2) is 0 Å². The van der Waals surface area contributed by atoms with Crippen molar-refractivity contribution in [2.45, 2.75) is 20.4 Å². The summed E-state index contributed by atoms with van der Waals surface area (Å²) in [5, 5.41) is 1.11. The maximum absolute atomic E-state index is 11.7. The summed E-state index contributed by atoms with van der Waals surface area (Å²) < 4.78 is 3.00. The number of benzene rings is 1. The molecule has 2 rings (SSSR count). The Balaban J connectivity index is 2.33. The Morgan fingerprint density at radius 1 is 1.44 bits per heavy atom. The van der Waals surface area contributed by atoms with Gasteiger partial charge in [0.1, 0.15) is 6.54 Å². The van der Waals surface area contributed by atoms with Crippen LogP contribution in [0, 0.1) is 6.92 Å². The predicted molar refractivity (Wildman–Crippen MR) is 74.1 cm³/mol. The van der Waals surface area contributed by atoms with Crippen molar-refractivity contribution < 1.29 is 9.63 Å². The van der Waals surface area contributed by atoms with Gasteiger partial charge in [0.2, 0.25) is 0 Å². The van der Waals surface area contributed by atoms with Crippen LogP contribution >= 0.6 is 15.9 Å². The highest BCUT2D eigenvalue weighted by Crippen LogP contribution is 2.30. The second-order valence-electron chi connectivity index (χ2n) is 3.96. The Hall–Kier alpha value is -1.33. The van der Waals surface area contributed by atoms with Crippen LogP contribution in [0.15, 0.2) is 28.7 Å². The number of carbonyl (C=O) groups is 1. The van der Waals surface area contributed by atoms with E-state index in [0.29, 0.717) is 6.61 Å². The van der Waals surface area contributed by atoms with Crippen LogP contribution < -0.4 is 5.48 Å². The number of amides is 1. The highest BCUT2D eigenvalue weighted by atomic mass is 79.9. The van der Waals surface area contributed by atoms with Crippen LogP contribution in [-0.4, -0.2) is 17.1 Å². The average Bonchev–Trinajstić information content (AvgIpc) is 2.62. The molecule has 1 N–H and O–H groups in total. The van der Waals surface area contributed by atoms with Gasteiger partial charge in [0, 0.05) is 21.1 Å².